The number of terminal acetylenes is 1. The lowest BCUT2D eigenvalue weighted by atomic mass is 9.94. The highest BCUT2D eigenvalue weighted by molar-refractivity contribution is 6.08. The van der Waals surface area contributed by atoms with Gasteiger partial charge in [0.15, 0.2) is 12.4 Å². The standard InChI is InChI=1S/C22H23NO3/c1-4-22(5-2,6-3)23-20(24)16-26-19-14-12-18(13-15-19)21(25)17-10-8-7-9-11-17/h1,7-15H,5-6,16H2,2-3H3,(H,23,24). The van der Waals surface area contributed by atoms with Crippen molar-refractivity contribution in [1.29, 1.82) is 0 Å². The van der Waals surface area contributed by atoms with Crippen LogP contribution in [-0.2, 0) is 4.79 Å². The first kappa shape index (κ1) is 19.3. The van der Waals surface area contributed by atoms with Crippen molar-refractivity contribution < 1.29 is 14.3 Å². The Kier molecular flexibility index (Phi) is 6.57. The highest BCUT2D eigenvalue weighted by Gasteiger charge is 2.25. The lowest BCUT2D eigenvalue weighted by Gasteiger charge is -2.26. The molecule has 0 unspecified atom stereocenters. The van der Waals surface area contributed by atoms with Crippen LogP contribution < -0.4 is 10.1 Å². The van der Waals surface area contributed by atoms with Crippen LogP contribution in [0.25, 0.3) is 0 Å². The van der Waals surface area contributed by atoms with E-state index in [0.717, 1.165) is 0 Å². The van der Waals surface area contributed by atoms with Crippen LogP contribution in [0.4, 0.5) is 0 Å². The smallest absolute Gasteiger partial charge is 0.259 e. The fraction of sp³-hybridized carbons (Fsp3) is 0.273. The monoisotopic (exact) mass is 349 g/mol. The van der Waals surface area contributed by atoms with E-state index in [1.807, 2.05) is 32.0 Å². The SMILES string of the molecule is C#CC(CC)(CC)NC(=O)COc1ccc(C(=O)c2ccccc2)cc1. The molecule has 0 aromatic heterocycles. The van der Waals surface area contributed by atoms with Gasteiger partial charge in [0.2, 0.25) is 0 Å². The second-order valence-electron chi connectivity index (χ2n) is 5.99. The van der Waals surface area contributed by atoms with Crippen molar-refractivity contribution in [1.82, 2.24) is 5.32 Å². The maximum absolute atomic E-state index is 12.4. The van der Waals surface area contributed by atoms with E-state index in [1.54, 1.807) is 36.4 Å². The maximum Gasteiger partial charge on any atom is 0.259 e. The third kappa shape index (κ3) is 4.73. The van der Waals surface area contributed by atoms with Gasteiger partial charge < -0.3 is 10.1 Å². The molecule has 0 heterocycles. The molecule has 0 aliphatic carbocycles. The maximum atomic E-state index is 12.4. The molecule has 134 valence electrons. The molecule has 0 saturated heterocycles. The molecule has 4 heteroatoms. The van der Waals surface area contributed by atoms with Crippen LogP contribution >= 0.6 is 0 Å². The molecule has 2 rings (SSSR count). The number of nitrogens with one attached hydrogen (secondary N) is 1. The van der Waals surface area contributed by atoms with Crippen LogP contribution in [0, 0.1) is 12.3 Å². The van der Waals surface area contributed by atoms with Gasteiger partial charge in [-0.1, -0.05) is 50.1 Å². The van der Waals surface area contributed by atoms with Crippen molar-refractivity contribution in [3.63, 3.8) is 0 Å². The summed E-state index contributed by atoms with van der Waals surface area (Å²) in [4.78, 5) is 24.4. The first-order chi connectivity index (χ1) is 12.5. The fourth-order valence-corrected chi connectivity index (χ4v) is 2.58. The van der Waals surface area contributed by atoms with Gasteiger partial charge in [-0.25, -0.2) is 0 Å². The number of rotatable bonds is 8. The van der Waals surface area contributed by atoms with Crippen LogP contribution in [0.15, 0.2) is 54.6 Å². The second-order valence-corrected chi connectivity index (χ2v) is 5.99. The summed E-state index contributed by atoms with van der Waals surface area (Å²) in [6.07, 6.45) is 6.85. The Morgan fingerprint density at radius 2 is 1.58 bits per heavy atom. The Morgan fingerprint density at radius 1 is 1.00 bits per heavy atom. The predicted octanol–water partition coefficient (Wildman–Crippen LogP) is 3.60. The van der Waals surface area contributed by atoms with Crippen molar-refractivity contribution in [3.05, 3.63) is 65.7 Å². The van der Waals surface area contributed by atoms with E-state index in [1.165, 1.54) is 0 Å². The van der Waals surface area contributed by atoms with Gasteiger partial charge in [-0.3, -0.25) is 9.59 Å². The number of carbonyl (C=O) groups excluding carboxylic acids is 2. The summed E-state index contributed by atoms with van der Waals surface area (Å²) in [6.45, 7) is 3.75. The van der Waals surface area contributed by atoms with E-state index in [2.05, 4.69) is 11.2 Å². The summed E-state index contributed by atoms with van der Waals surface area (Å²) in [6, 6.07) is 15.8. The molecule has 0 aliphatic heterocycles. The van der Waals surface area contributed by atoms with Gasteiger partial charge in [0.25, 0.3) is 5.91 Å². The normalized spacial score (nSPS) is 10.7. The predicted molar refractivity (Wildman–Crippen MR) is 102 cm³/mol. The van der Waals surface area contributed by atoms with Crippen LogP contribution in [0.1, 0.15) is 42.6 Å². The zero-order valence-electron chi connectivity index (χ0n) is 15.1. The highest BCUT2D eigenvalue weighted by Crippen LogP contribution is 2.16. The zero-order valence-corrected chi connectivity index (χ0v) is 15.1. The van der Waals surface area contributed by atoms with Gasteiger partial charge in [0.1, 0.15) is 11.3 Å². The van der Waals surface area contributed by atoms with Gasteiger partial charge >= 0.3 is 0 Å². The van der Waals surface area contributed by atoms with E-state index in [-0.39, 0.29) is 18.3 Å². The lowest BCUT2D eigenvalue weighted by molar-refractivity contribution is -0.124. The fourth-order valence-electron chi connectivity index (χ4n) is 2.58. The molecule has 26 heavy (non-hydrogen) atoms. The second kappa shape index (κ2) is 8.87. The van der Waals surface area contributed by atoms with E-state index in [9.17, 15) is 9.59 Å². The van der Waals surface area contributed by atoms with Crippen LogP contribution in [0.3, 0.4) is 0 Å². The molecule has 0 atom stereocenters. The highest BCUT2D eigenvalue weighted by atomic mass is 16.5. The summed E-state index contributed by atoms with van der Waals surface area (Å²) in [7, 11) is 0. The molecule has 0 fully saturated rings. The quantitative estimate of drug-likeness (QED) is 0.585. The minimum absolute atomic E-state index is 0.0559. The third-order valence-corrected chi connectivity index (χ3v) is 4.38. The van der Waals surface area contributed by atoms with Gasteiger partial charge in [0, 0.05) is 11.1 Å². The molecule has 0 bridgehead atoms. The molecule has 2 aromatic rings. The number of hydrogen-bond donors (Lipinski definition) is 1. The minimum atomic E-state index is -0.633. The number of ketones is 1. The molecule has 0 saturated carbocycles. The van der Waals surface area contributed by atoms with Crippen LogP contribution in [0.2, 0.25) is 0 Å². The molecule has 2 aromatic carbocycles. The average molecular weight is 349 g/mol. The Balaban J connectivity index is 1.94. The van der Waals surface area contributed by atoms with Gasteiger partial charge in [-0.2, -0.15) is 0 Å². The van der Waals surface area contributed by atoms with Crippen molar-refractivity contribution in [3.8, 4) is 18.1 Å². The molecule has 1 amide bonds. The van der Waals surface area contributed by atoms with Crippen LogP contribution in [-0.4, -0.2) is 23.8 Å². The van der Waals surface area contributed by atoms with Crippen LogP contribution in [0.5, 0.6) is 5.75 Å². The summed E-state index contributed by atoms with van der Waals surface area (Å²) in [5.41, 5.74) is 0.563. The lowest BCUT2D eigenvalue weighted by Crippen LogP contribution is -2.48. The first-order valence-corrected chi connectivity index (χ1v) is 8.65. The number of ether oxygens (including phenoxy) is 1. The topological polar surface area (TPSA) is 55.4 Å². The minimum Gasteiger partial charge on any atom is -0.484 e. The van der Waals surface area contributed by atoms with E-state index in [0.29, 0.717) is 29.7 Å². The largest absolute Gasteiger partial charge is 0.484 e. The van der Waals surface area contributed by atoms with Crippen molar-refractivity contribution in [2.45, 2.75) is 32.2 Å². The molecule has 0 radical (unpaired) electrons. The summed E-state index contributed by atoms with van der Waals surface area (Å²) in [5.74, 6) is 2.85. The molecular formula is C22H23NO3. The number of amides is 1. The van der Waals surface area contributed by atoms with Gasteiger partial charge in [-0.15, -0.1) is 6.42 Å². The molecule has 0 aliphatic rings. The third-order valence-electron chi connectivity index (χ3n) is 4.38. The van der Waals surface area contributed by atoms with Crippen molar-refractivity contribution in [2.75, 3.05) is 6.61 Å². The Labute approximate surface area is 154 Å². The summed E-state index contributed by atoms with van der Waals surface area (Å²) in [5, 5.41) is 2.85. The average Bonchev–Trinajstić information content (AvgIpc) is 2.71. The van der Waals surface area contributed by atoms with Crippen molar-refractivity contribution in [2.24, 2.45) is 0 Å². The summed E-state index contributed by atoms with van der Waals surface area (Å²) >= 11 is 0. The Morgan fingerprint density at radius 3 is 2.12 bits per heavy atom. The van der Waals surface area contributed by atoms with Gasteiger partial charge in [0.05, 0.1) is 0 Å². The van der Waals surface area contributed by atoms with E-state index < -0.39 is 5.54 Å². The van der Waals surface area contributed by atoms with E-state index >= 15 is 0 Å². The zero-order chi connectivity index (χ0) is 19.0. The van der Waals surface area contributed by atoms with E-state index in [4.69, 9.17) is 11.2 Å². The van der Waals surface area contributed by atoms with Gasteiger partial charge in [-0.05, 0) is 37.1 Å². The molecular weight excluding hydrogens is 326 g/mol. The Bertz CT molecular complexity index is 784. The van der Waals surface area contributed by atoms with Crippen molar-refractivity contribution >= 4 is 11.7 Å². The number of benzene rings is 2. The first-order valence-electron chi connectivity index (χ1n) is 8.65. The molecule has 0 spiro atoms. The number of hydrogen-bond acceptors (Lipinski definition) is 3. The Hall–Kier alpha value is -3.06. The molecule has 4 nitrogen and oxygen atoms in total. The summed E-state index contributed by atoms with van der Waals surface area (Å²) < 4.78 is 5.50. The molecule has 1 N–H and O–H groups in total. The number of carbonyl (C=O) groups is 2.